The lowest BCUT2D eigenvalue weighted by Gasteiger charge is -2.18. The largest absolute Gasteiger partial charge is 0.462 e. The Morgan fingerprint density at radius 3 is 0.871 bits per heavy atom. The summed E-state index contributed by atoms with van der Waals surface area (Å²) in [4.78, 5) is 38.2. The fraction of sp³-hybridized carbons (Fsp3) is 0.703. The lowest BCUT2D eigenvalue weighted by Crippen LogP contribution is -2.30. The third-order valence-corrected chi connectivity index (χ3v) is 12.3. The van der Waals surface area contributed by atoms with Crippen molar-refractivity contribution in [2.45, 2.75) is 277 Å². The van der Waals surface area contributed by atoms with Crippen LogP contribution in [-0.2, 0) is 28.6 Å². The molecule has 6 heteroatoms. The molecule has 0 N–H and O–H groups in total. The van der Waals surface area contributed by atoms with Crippen molar-refractivity contribution in [2.24, 2.45) is 0 Å². The number of carbonyl (C=O) groups excluding carboxylic acids is 3. The van der Waals surface area contributed by atoms with E-state index in [1.54, 1.807) is 0 Å². The van der Waals surface area contributed by atoms with Crippen LogP contribution in [0.1, 0.15) is 271 Å². The van der Waals surface area contributed by atoms with Gasteiger partial charge in [0, 0.05) is 19.3 Å². The van der Waals surface area contributed by atoms with Crippen molar-refractivity contribution in [3.05, 3.63) is 97.2 Å². The summed E-state index contributed by atoms with van der Waals surface area (Å²) in [7, 11) is 0. The van der Waals surface area contributed by atoms with Crippen molar-refractivity contribution >= 4 is 17.9 Å². The Hall–Kier alpha value is -3.67. The van der Waals surface area contributed by atoms with E-state index in [1.807, 2.05) is 0 Å². The predicted molar refractivity (Wildman–Crippen MR) is 302 cm³/mol. The second-order valence-electron chi connectivity index (χ2n) is 19.1. The minimum Gasteiger partial charge on any atom is -0.462 e. The average molecular weight is 974 g/mol. The van der Waals surface area contributed by atoms with E-state index in [1.165, 1.54) is 96.3 Å². The summed E-state index contributed by atoms with van der Waals surface area (Å²) in [5.41, 5.74) is 0. The van der Waals surface area contributed by atoms with Crippen LogP contribution >= 0.6 is 0 Å². The number of ether oxygens (including phenoxy) is 3. The van der Waals surface area contributed by atoms with E-state index in [0.29, 0.717) is 19.3 Å². The summed E-state index contributed by atoms with van der Waals surface area (Å²) in [5.74, 6) is -0.923. The summed E-state index contributed by atoms with van der Waals surface area (Å²) in [6, 6.07) is 0. The van der Waals surface area contributed by atoms with Gasteiger partial charge in [-0.3, -0.25) is 14.4 Å². The van der Waals surface area contributed by atoms with E-state index >= 15 is 0 Å². The van der Waals surface area contributed by atoms with Crippen molar-refractivity contribution in [3.8, 4) is 0 Å². The third kappa shape index (κ3) is 55.3. The van der Waals surface area contributed by atoms with Gasteiger partial charge in [-0.25, -0.2) is 0 Å². The number of esters is 3. The first-order valence-electron chi connectivity index (χ1n) is 29.2. The highest BCUT2D eigenvalue weighted by molar-refractivity contribution is 5.71. The zero-order valence-electron chi connectivity index (χ0n) is 45.8. The molecule has 1 unspecified atom stereocenters. The van der Waals surface area contributed by atoms with Gasteiger partial charge in [-0.05, 0) is 96.3 Å². The molecule has 0 saturated carbocycles. The molecule has 0 aliphatic rings. The standard InChI is InChI=1S/C64H108O6/c1-4-7-10-13-16-19-22-25-28-31-32-34-36-39-42-45-48-51-54-57-63(66)69-60-61(59-68-62(65)56-53-50-47-44-41-38-35-30-27-24-21-18-15-12-9-6-3)70-64(67)58-55-52-49-46-43-40-37-33-29-26-23-20-17-14-11-8-5-2/h7-8,10-11,16-17,19-20,25-26,28-29,32,34,37,40,61H,4-6,9,12-15,18,21-24,27,30-31,33,35-36,38-39,41-60H2,1-3H3/b10-7-,11-8-,19-16-,20-17-,28-25-,29-26-,34-32-,40-37-. The normalized spacial score (nSPS) is 12.8. The average Bonchev–Trinajstić information content (AvgIpc) is 3.36. The van der Waals surface area contributed by atoms with Gasteiger partial charge in [-0.2, -0.15) is 0 Å². The Kier molecular flexibility index (Phi) is 54.9. The molecular weight excluding hydrogens is 865 g/mol. The second kappa shape index (κ2) is 57.9. The summed E-state index contributed by atoms with van der Waals surface area (Å²) in [5, 5.41) is 0. The van der Waals surface area contributed by atoms with E-state index in [2.05, 4.69) is 118 Å². The molecule has 0 rings (SSSR count). The van der Waals surface area contributed by atoms with Gasteiger partial charge in [0.1, 0.15) is 13.2 Å². The fourth-order valence-electron chi connectivity index (χ4n) is 8.01. The van der Waals surface area contributed by atoms with Crippen LogP contribution in [0.4, 0.5) is 0 Å². The predicted octanol–water partition coefficient (Wildman–Crippen LogP) is 19.7. The molecule has 400 valence electrons. The maximum atomic E-state index is 12.9. The maximum absolute atomic E-state index is 12.9. The first-order valence-corrected chi connectivity index (χ1v) is 29.2. The van der Waals surface area contributed by atoms with E-state index in [0.717, 1.165) is 135 Å². The van der Waals surface area contributed by atoms with Crippen LogP contribution in [0.5, 0.6) is 0 Å². The van der Waals surface area contributed by atoms with Gasteiger partial charge in [0.2, 0.25) is 0 Å². The summed E-state index contributed by atoms with van der Waals surface area (Å²) < 4.78 is 16.9. The highest BCUT2D eigenvalue weighted by Gasteiger charge is 2.19. The molecule has 70 heavy (non-hydrogen) atoms. The molecule has 0 aromatic rings. The summed E-state index contributed by atoms with van der Waals surface area (Å²) >= 11 is 0. The molecule has 0 bridgehead atoms. The van der Waals surface area contributed by atoms with E-state index in [4.69, 9.17) is 14.2 Å². The lowest BCUT2D eigenvalue weighted by molar-refractivity contribution is -0.167. The van der Waals surface area contributed by atoms with Crippen LogP contribution in [0.3, 0.4) is 0 Å². The van der Waals surface area contributed by atoms with Gasteiger partial charge < -0.3 is 14.2 Å². The number of allylic oxidation sites excluding steroid dienone is 16. The molecule has 0 amide bonds. The monoisotopic (exact) mass is 973 g/mol. The SMILES string of the molecule is CC/C=C\C/C=C\C/C=C\C/C=C\CCCCCCCCC(=O)OCC(COC(=O)CCCCCCCCCCCCCCCCCC)OC(=O)CCCCCC/C=C\C/C=C\C/C=C\C/C=C\CC. The van der Waals surface area contributed by atoms with Crippen molar-refractivity contribution in [1.29, 1.82) is 0 Å². The third-order valence-electron chi connectivity index (χ3n) is 12.3. The highest BCUT2D eigenvalue weighted by Crippen LogP contribution is 2.16. The molecule has 6 nitrogen and oxygen atoms in total. The number of carbonyl (C=O) groups is 3. The van der Waals surface area contributed by atoms with Crippen LogP contribution in [0.2, 0.25) is 0 Å². The molecule has 0 saturated heterocycles. The van der Waals surface area contributed by atoms with Crippen LogP contribution < -0.4 is 0 Å². The molecule has 0 heterocycles. The molecule has 0 radical (unpaired) electrons. The van der Waals surface area contributed by atoms with Gasteiger partial charge in [0.05, 0.1) is 0 Å². The number of hydrogen-bond acceptors (Lipinski definition) is 6. The van der Waals surface area contributed by atoms with Gasteiger partial charge in [-0.1, -0.05) is 253 Å². The van der Waals surface area contributed by atoms with Gasteiger partial charge >= 0.3 is 17.9 Å². The second-order valence-corrected chi connectivity index (χ2v) is 19.1. The Balaban J connectivity index is 4.45. The van der Waals surface area contributed by atoms with Gasteiger partial charge in [0.25, 0.3) is 0 Å². The Bertz CT molecular complexity index is 1400. The maximum Gasteiger partial charge on any atom is 0.306 e. The number of hydrogen-bond donors (Lipinski definition) is 0. The van der Waals surface area contributed by atoms with Gasteiger partial charge in [-0.15, -0.1) is 0 Å². The van der Waals surface area contributed by atoms with Crippen molar-refractivity contribution < 1.29 is 28.6 Å². The molecule has 0 aliphatic carbocycles. The van der Waals surface area contributed by atoms with E-state index < -0.39 is 6.10 Å². The quantitative estimate of drug-likeness (QED) is 0.0262. The molecule has 1 atom stereocenters. The van der Waals surface area contributed by atoms with E-state index in [9.17, 15) is 14.4 Å². The molecule has 0 fully saturated rings. The molecular formula is C64H108O6. The minimum atomic E-state index is -0.797. The molecule has 0 aromatic carbocycles. The smallest absolute Gasteiger partial charge is 0.306 e. The number of rotatable bonds is 52. The zero-order valence-corrected chi connectivity index (χ0v) is 45.8. The topological polar surface area (TPSA) is 78.9 Å². The molecule has 0 aromatic heterocycles. The summed E-state index contributed by atoms with van der Waals surface area (Å²) in [6.07, 6.45) is 76.8. The fourth-order valence-corrected chi connectivity index (χ4v) is 8.01. The Morgan fingerprint density at radius 2 is 0.557 bits per heavy atom. The number of unbranched alkanes of at least 4 members (excludes halogenated alkanes) is 25. The first-order chi connectivity index (χ1) is 34.5. The Morgan fingerprint density at radius 1 is 0.300 bits per heavy atom. The lowest BCUT2D eigenvalue weighted by atomic mass is 10.0. The molecule has 0 spiro atoms. The highest BCUT2D eigenvalue weighted by atomic mass is 16.6. The van der Waals surface area contributed by atoms with Crippen molar-refractivity contribution in [2.75, 3.05) is 13.2 Å². The summed E-state index contributed by atoms with van der Waals surface area (Å²) in [6.45, 7) is 6.40. The van der Waals surface area contributed by atoms with Crippen LogP contribution in [0.15, 0.2) is 97.2 Å². The van der Waals surface area contributed by atoms with Crippen LogP contribution in [0.25, 0.3) is 0 Å². The van der Waals surface area contributed by atoms with E-state index in [-0.39, 0.29) is 31.1 Å². The first kappa shape index (κ1) is 66.3. The molecule has 0 aliphatic heterocycles. The van der Waals surface area contributed by atoms with Crippen molar-refractivity contribution in [1.82, 2.24) is 0 Å². The van der Waals surface area contributed by atoms with Gasteiger partial charge in [0.15, 0.2) is 6.10 Å². The minimum absolute atomic E-state index is 0.0908. The Labute approximate surface area is 432 Å². The van der Waals surface area contributed by atoms with Crippen molar-refractivity contribution in [3.63, 3.8) is 0 Å². The zero-order chi connectivity index (χ0) is 50.7. The van der Waals surface area contributed by atoms with Crippen LogP contribution in [-0.4, -0.2) is 37.2 Å². The van der Waals surface area contributed by atoms with Crippen LogP contribution in [0, 0.1) is 0 Å².